The predicted molar refractivity (Wildman–Crippen MR) is 136 cm³/mol. The first kappa shape index (κ1) is 33.0. The third-order valence-electron chi connectivity index (χ3n) is 4.43. The first-order valence-electron chi connectivity index (χ1n) is 10.7. The number of ether oxygens (including phenoxy) is 1. The van der Waals surface area contributed by atoms with Gasteiger partial charge >= 0.3 is 18.1 Å². The Morgan fingerprint density at radius 3 is 2.15 bits per heavy atom. The molecule has 0 saturated carbocycles. The SMILES string of the molecule is NC(N)=NOCCCOc1ccc(C[C@H](NS(=O)(=O)c2c(Cl)cc(Cl)cc2Cl)C(=O)OOC(=O)C(F)(F)F)cc1. The van der Waals surface area contributed by atoms with Crippen LogP contribution in [0.3, 0.4) is 0 Å². The Hall–Kier alpha value is -3.18. The Kier molecular flexibility index (Phi) is 11.9. The van der Waals surface area contributed by atoms with Crippen LogP contribution in [-0.4, -0.2) is 51.7 Å². The molecular formula is C21H20Cl3F3N4O8S. The number of hydrogen-bond acceptors (Lipinski definition) is 9. The summed E-state index contributed by atoms with van der Waals surface area (Å²) in [5.41, 5.74) is 10.5. The fourth-order valence-corrected chi connectivity index (χ4v) is 5.51. The first-order valence-corrected chi connectivity index (χ1v) is 13.3. The van der Waals surface area contributed by atoms with Crippen molar-refractivity contribution in [2.45, 2.75) is 30.0 Å². The fraction of sp³-hybridized carbons (Fsp3) is 0.286. The van der Waals surface area contributed by atoms with Gasteiger partial charge in [-0.3, -0.25) is 0 Å². The van der Waals surface area contributed by atoms with Crippen molar-refractivity contribution in [1.82, 2.24) is 4.72 Å². The van der Waals surface area contributed by atoms with Crippen LogP contribution in [0.5, 0.6) is 5.75 Å². The van der Waals surface area contributed by atoms with Gasteiger partial charge in [0, 0.05) is 11.4 Å². The summed E-state index contributed by atoms with van der Waals surface area (Å²) in [7, 11) is -4.70. The molecule has 0 heterocycles. The zero-order valence-electron chi connectivity index (χ0n) is 19.9. The highest BCUT2D eigenvalue weighted by Gasteiger charge is 2.43. The molecular weight excluding hydrogens is 632 g/mol. The summed E-state index contributed by atoms with van der Waals surface area (Å²) < 4.78 is 70.7. The average Bonchev–Trinajstić information content (AvgIpc) is 2.83. The number of nitrogens with two attached hydrogens (primary N) is 2. The number of hydrogen-bond donors (Lipinski definition) is 3. The van der Waals surface area contributed by atoms with Gasteiger partial charge in [0.2, 0.25) is 16.0 Å². The van der Waals surface area contributed by atoms with Gasteiger partial charge in [-0.15, -0.1) is 0 Å². The van der Waals surface area contributed by atoms with Crippen molar-refractivity contribution < 1.29 is 50.5 Å². The lowest BCUT2D eigenvalue weighted by molar-refractivity contribution is -0.286. The van der Waals surface area contributed by atoms with Crippen LogP contribution in [0, 0.1) is 0 Å². The van der Waals surface area contributed by atoms with Crippen molar-refractivity contribution >= 4 is 62.7 Å². The van der Waals surface area contributed by atoms with Crippen LogP contribution >= 0.6 is 34.8 Å². The molecule has 40 heavy (non-hydrogen) atoms. The van der Waals surface area contributed by atoms with Gasteiger partial charge in [-0.25, -0.2) is 27.8 Å². The fourth-order valence-electron chi connectivity index (χ4n) is 2.78. The smallest absolute Gasteiger partial charge is 0.493 e. The normalized spacial score (nSPS) is 12.2. The van der Waals surface area contributed by atoms with Crippen LogP contribution in [0.15, 0.2) is 46.4 Å². The number of oxime groups is 1. The van der Waals surface area contributed by atoms with Crippen molar-refractivity contribution in [2.75, 3.05) is 13.2 Å². The highest BCUT2D eigenvalue weighted by molar-refractivity contribution is 7.89. The Bertz CT molecular complexity index is 1320. The lowest BCUT2D eigenvalue weighted by Crippen LogP contribution is -2.44. The summed E-state index contributed by atoms with van der Waals surface area (Å²) in [4.78, 5) is 35.1. The second kappa shape index (κ2) is 14.5. The van der Waals surface area contributed by atoms with Gasteiger partial charge in [-0.2, -0.15) is 17.9 Å². The van der Waals surface area contributed by atoms with Crippen LogP contribution in [0.4, 0.5) is 13.2 Å². The average molecular weight is 652 g/mol. The van der Waals surface area contributed by atoms with E-state index in [4.69, 9.17) is 55.8 Å². The van der Waals surface area contributed by atoms with Crippen molar-refractivity contribution in [3.05, 3.63) is 57.0 Å². The summed E-state index contributed by atoms with van der Waals surface area (Å²) in [6.45, 7) is 0.377. The number of guanidine groups is 1. The standard InChI is InChI=1S/C21H20Cl3F3N4O8S/c22-12-9-14(23)17(15(24)10-12)40(34,35)31-16(18(32)38-39-19(33)21(25,26)27)8-11-2-4-13(5-3-11)36-6-1-7-37-30-20(28)29/h2-5,9-10,16,31H,1,6-8H2,(H4,28,29,30)/t16-/m0/s1. The largest absolute Gasteiger partial charge is 0.495 e. The molecule has 0 aliphatic rings. The number of benzene rings is 2. The maximum atomic E-state index is 13.0. The molecule has 0 aliphatic heterocycles. The summed E-state index contributed by atoms with van der Waals surface area (Å²) in [6, 6.07) is 6.03. The molecule has 12 nitrogen and oxygen atoms in total. The van der Waals surface area contributed by atoms with Gasteiger partial charge in [0.25, 0.3) is 0 Å². The lowest BCUT2D eigenvalue weighted by atomic mass is 10.1. The maximum absolute atomic E-state index is 13.0. The van der Waals surface area contributed by atoms with Crippen LogP contribution < -0.4 is 20.9 Å². The molecule has 0 unspecified atom stereocenters. The summed E-state index contributed by atoms with van der Waals surface area (Å²) in [5, 5.41) is 2.53. The van der Waals surface area contributed by atoms with Gasteiger partial charge in [-0.05, 0) is 41.4 Å². The molecule has 220 valence electrons. The number of carbonyl (C=O) groups excluding carboxylic acids is 2. The van der Waals surface area contributed by atoms with Crippen molar-refractivity contribution in [3.8, 4) is 5.75 Å². The number of sulfonamides is 1. The van der Waals surface area contributed by atoms with Gasteiger partial charge in [-0.1, -0.05) is 46.9 Å². The molecule has 2 aromatic carbocycles. The topological polar surface area (TPSA) is 182 Å². The third-order valence-corrected chi connectivity index (χ3v) is 7.04. The third kappa shape index (κ3) is 10.4. The van der Waals surface area contributed by atoms with Crippen LogP contribution in [0.2, 0.25) is 15.1 Å². The molecule has 2 rings (SSSR count). The highest BCUT2D eigenvalue weighted by atomic mass is 35.5. The van der Waals surface area contributed by atoms with E-state index in [1.165, 1.54) is 24.3 Å². The van der Waals surface area contributed by atoms with Crippen LogP contribution in [0.25, 0.3) is 0 Å². The second-order valence-corrected chi connectivity index (χ2v) is 10.4. The molecule has 19 heteroatoms. The molecule has 0 aromatic heterocycles. The first-order chi connectivity index (χ1) is 18.6. The second-order valence-electron chi connectivity index (χ2n) is 7.54. The van der Waals surface area contributed by atoms with E-state index in [1.54, 1.807) is 0 Å². The molecule has 2 aromatic rings. The van der Waals surface area contributed by atoms with Gasteiger partial charge < -0.3 is 21.0 Å². The van der Waals surface area contributed by atoms with E-state index in [2.05, 4.69) is 14.9 Å². The summed E-state index contributed by atoms with van der Waals surface area (Å²) >= 11 is 17.7. The molecule has 0 fully saturated rings. The summed E-state index contributed by atoms with van der Waals surface area (Å²) in [5.74, 6) is -4.37. The Morgan fingerprint density at radius 1 is 1.00 bits per heavy atom. The number of nitrogens with zero attached hydrogens (tertiary/aromatic N) is 1. The predicted octanol–water partition coefficient (Wildman–Crippen LogP) is 3.07. The number of carbonyl (C=O) groups is 2. The molecule has 0 amide bonds. The molecule has 0 bridgehead atoms. The van der Waals surface area contributed by atoms with E-state index >= 15 is 0 Å². The van der Waals surface area contributed by atoms with E-state index in [9.17, 15) is 31.2 Å². The summed E-state index contributed by atoms with van der Waals surface area (Å²) in [6.07, 6.45) is -5.54. The van der Waals surface area contributed by atoms with E-state index in [0.717, 1.165) is 12.1 Å². The number of rotatable bonds is 12. The zero-order valence-corrected chi connectivity index (χ0v) is 23.0. The van der Waals surface area contributed by atoms with Crippen molar-refractivity contribution in [1.29, 1.82) is 0 Å². The quantitative estimate of drug-likeness (QED) is 0.101. The van der Waals surface area contributed by atoms with Gasteiger partial charge in [0.1, 0.15) is 23.3 Å². The molecule has 0 spiro atoms. The van der Waals surface area contributed by atoms with Gasteiger partial charge in [0.05, 0.1) is 16.7 Å². The van der Waals surface area contributed by atoms with Crippen LogP contribution in [-0.2, 0) is 40.6 Å². The minimum atomic E-state index is -5.48. The zero-order chi connectivity index (χ0) is 30.1. The van der Waals surface area contributed by atoms with Gasteiger partial charge in [0.15, 0.2) is 0 Å². The number of alkyl halides is 3. The van der Waals surface area contributed by atoms with E-state index < -0.39 is 55.5 Å². The molecule has 5 N–H and O–H groups in total. The number of halogens is 6. The molecule has 0 radical (unpaired) electrons. The Labute approximate surface area is 240 Å². The molecule has 1 atom stereocenters. The lowest BCUT2D eigenvalue weighted by Gasteiger charge is -2.18. The van der Waals surface area contributed by atoms with Crippen LogP contribution in [0.1, 0.15) is 12.0 Å². The van der Waals surface area contributed by atoms with E-state index in [-0.39, 0.29) is 24.2 Å². The minimum absolute atomic E-state index is 0.00701. The molecule has 0 aliphatic carbocycles. The Morgan fingerprint density at radius 2 is 1.60 bits per heavy atom. The van der Waals surface area contributed by atoms with Crippen molar-refractivity contribution in [3.63, 3.8) is 0 Å². The number of nitrogens with one attached hydrogen (secondary N) is 1. The minimum Gasteiger partial charge on any atom is -0.493 e. The van der Waals surface area contributed by atoms with Crippen molar-refractivity contribution in [2.24, 2.45) is 16.6 Å². The monoisotopic (exact) mass is 650 g/mol. The molecule has 0 saturated heterocycles. The Balaban J connectivity index is 2.18. The van der Waals surface area contributed by atoms with E-state index in [1.807, 2.05) is 4.72 Å². The maximum Gasteiger partial charge on any atom is 0.495 e. The van der Waals surface area contributed by atoms with E-state index in [0.29, 0.717) is 17.7 Å². The highest BCUT2D eigenvalue weighted by Crippen LogP contribution is 2.33.